The third-order valence-electron chi connectivity index (χ3n) is 0. The molecular weight excluding hydrogens is 291 g/mol. The van der Waals surface area contributed by atoms with Crippen molar-refractivity contribution < 1.29 is 50.6 Å². The molecule has 0 saturated carbocycles. The normalized spacial score (nSPS) is 10.6. The van der Waals surface area contributed by atoms with Gasteiger partial charge >= 0.3 is 40.9 Å². The molecule has 72 valence electrons. The molecule has 0 atom stereocenters. The zero-order valence-electron chi connectivity index (χ0n) is 4.67. The molecule has 0 aromatic heterocycles. The van der Waals surface area contributed by atoms with Gasteiger partial charge in [-0.2, -0.15) is 8.42 Å². The first-order chi connectivity index (χ1) is 4.00. The molecule has 0 fully saturated rings. The van der Waals surface area contributed by atoms with Crippen LogP contribution in [0, 0.1) is 0 Å². The van der Waals surface area contributed by atoms with Gasteiger partial charge in [-0.3, -0.25) is 9.11 Å². The van der Waals surface area contributed by atoms with E-state index >= 15 is 0 Å². The Morgan fingerprint density at radius 1 is 1.00 bits per heavy atom. The van der Waals surface area contributed by atoms with Crippen LogP contribution in [0.1, 0.15) is 0 Å². The topological polar surface area (TPSA) is 152 Å². The van der Waals surface area contributed by atoms with Crippen molar-refractivity contribution in [3.63, 3.8) is 0 Å². The van der Waals surface area contributed by atoms with Crippen LogP contribution >= 0.6 is 0 Å². The van der Waals surface area contributed by atoms with Crippen molar-refractivity contribution in [3.8, 4) is 0 Å². The summed E-state index contributed by atoms with van der Waals surface area (Å²) in [5.41, 5.74) is 0. The van der Waals surface area contributed by atoms with Gasteiger partial charge in [0.2, 0.25) is 0 Å². The number of hydrogen-bond acceptors (Lipinski definition) is 3. The molecule has 0 saturated heterocycles. The molecule has 0 aromatic carbocycles. The van der Waals surface area contributed by atoms with E-state index in [-0.39, 0.29) is 17.1 Å². The van der Waals surface area contributed by atoms with Crippen LogP contribution in [0.4, 0.5) is 0 Å². The van der Waals surface area contributed by atoms with E-state index in [1.807, 2.05) is 0 Å². The van der Waals surface area contributed by atoms with E-state index in [1.165, 1.54) is 0 Å². The molecule has 0 unspecified atom stereocenters. The quantitative estimate of drug-likeness (QED) is 0.237. The largest absolute Gasteiger partial charge is 0 e. The van der Waals surface area contributed by atoms with Crippen molar-refractivity contribution in [2.45, 2.75) is 0 Å². The molecule has 11 heavy (non-hydrogen) atoms. The minimum atomic E-state index is -5.12. The van der Waals surface area contributed by atoms with Gasteiger partial charge in [-0.15, -0.1) is 0 Å². The Hall–Kier alpha value is 0.628. The van der Waals surface area contributed by atoms with Gasteiger partial charge in [-0.05, 0) is 0 Å². The Bertz CT molecular complexity index is 192. The minimum Gasteiger partial charge on any atom is 0 e. The average Bonchev–Trinajstić information content (AvgIpc) is 1.12. The molecule has 0 heterocycles. The summed E-state index contributed by atoms with van der Waals surface area (Å²) in [7, 11) is -4.67. The maximum absolute atomic E-state index is 8.94. The summed E-state index contributed by atoms with van der Waals surface area (Å²) in [4.78, 5) is 0. The first-order valence-corrected chi connectivity index (χ1v) is 6.16. The zero-order valence-corrected chi connectivity index (χ0v) is 8.47. The van der Waals surface area contributed by atoms with Crippen LogP contribution in [-0.4, -0.2) is 44.3 Å². The first-order valence-electron chi connectivity index (χ1n) is 1.48. The summed E-state index contributed by atoms with van der Waals surface area (Å²) >= 11 is -5.12. The van der Waals surface area contributed by atoms with Crippen molar-refractivity contribution >= 4 is 24.9 Å². The molecule has 0 aliphatic heterocycles. The monoisotopic (exact) mass is 296 g/mol. The maximum atomic E-state index is 8.94. The van der Waals surface area contributed by atoms with Gasteiger partial charge in [0, 0.05) is 17.1 Å². The van der Waals surface area contributed by atoms with Gasteiger partial charge in [0.25, 0.3) is 0 Å². The summed E-state index contributed by atoms with van der Waals surface area (Å²) < 4.78 is 62.3. The van der Waals surface area contributed by atoms with E-state index < -0.39 is 24.9 Å². The molecule has 0 bridgehead atoms. The van der Waals surface area contributed by atoms with Crippen LogP contribution in [-0.2, 0) is 31.2 Å². The second kappa shape index (κ2) is 6.18. The molecule has 5 N–H and O–H groups in total. The standard InChI is InChI=1S/AsH3O4.Fe.H2O4S/c2-1(3,4)5;;1-5(2,3)4/h(H3,2,3,4,5);;(H2,1,2,3,4). The van der Waals surface area contributed by atoms with E-state index in [1.54, 1.807) is 0 Å². The van der Waals surface area contributed by atoms with Crippen LogP contribution in [0.15, 0.2) is 0 Å². The first kappa shape index (κ1) is 17.6. The van der Waals surface area contributed by atoms with Crippen molar-refractivity contribution in [1.29, 1.82) is 0 Å². The molecule has 8 nitrogen and oxygen atoms in total. The van der Waals surface area contributed by atoms with Crippen molar-refractivity contribution in [2.75, 3.05) is 0 Å². The fourth-order valence-corrected chi connectivity index (χ4v) is 0. The SMILES string of the molecule is O=S(=O)(O)O.O=[As](O)(O)O.[Fe]. The maximum Gasteiger partial charge on any atom is 0 e. The smallest absolute Gasteiger partial charge is 0 e. The van der Waals surface area contributed by atoms with Gasteiger partial charge < -0.3 is 0 Å². The Morgan fingerprint density at radius 3 is 1.00 bits per heavy atom. The van der Waals surface area contributed by atoms with E-state index in [2.05, 4.69) is 0 Å². The molecule has 0 spiro atoms. The fourth-order valence-electron chi connectivity index (χ4n) is 0. The van der Waals surface area contributed by atoms with E-state index in [4.69, 9.17) is 33.5 Å². The van der Waals surface area contributed by atoms with Gasteiger partial charge in [0.05, 0.1) is 0 Å². The van der Waals surface area contributed by atoms with Crippen LogP contribution in [0.5, 0.6) is 0 Å². The number of hydrogen-bond donors (Lipinski definition) is 5. The van der Waals surface area contributed by atoms with Crippen molar-refractivity contribution in [3.05, 3.63) is 0 Å². The number of rotatable bonds is 0. The third-order valence-corrected chi connectivity index (χ3v) is 0. The summed E-state index contributed by atoms with van der Waals surface area (Å²) in [6.07, 6.45) is 0. The second-order valence-corrected chi connectivity index (χ2v) is 4.01. The van der Waals surface area contributed by atoms with Gasteiger partial charge in [-0.25, -0.2) is 0 Å². The molecule has 0 aromatic rings. The Labute approximate surface area is 75.6 Å². The molecule has 0 aliphatic carbocycles. The average molecular weight is 296 g/mol. The molecular formula is H5AsFeO8S. The Kier molecular flexibility index (Phi) is 9.91. The summed E-state index contributed by atoms with van der Waals surface area (Å²) in [6, 6.07) is 0. The Balaban J connectivity index is -0.000000107. The van der Waals surface area contributed by atoms with Crippen LogP contribution in [0.2, 0.25) is 0 Å². The van der Waals surface area contributed by atoms with Gasteiger partial charge in [0.15, 0.2) is 0 Å². The molecule has 0 radical (unpaired) electrons. The van der Waals surface area contributed by atoms with Crippen LogP contribution in [0.25, 0.3) is 0 Å². The summed E-state index contributed by atoms with van der Waals surface area (Å²) in [5, 5.41) is 0. The summed E-state index contributed by atoms with van der Waals surface area (Å²) in [5.74, 6) is 0. The van der Waals surface area contributed by atoms with Gasteiger partial charge in [-0.1, -0.05) is 0 Å². The van der Waals surface area contributed by atoms with Crippen LogP contribution in [0.3, 0.4) is 0 Å². The molecule has 0 amide bonds. The van der Waals surface area contributed by atoms with E-state index in [0.29, 0.717) is 0 Å². The fraction of sp³-hybridized carbons (Fsp3) is 0. The molecule has 0 rings (SSSR count). The van der Waals surface area contributed by atoms with E-state index in [0.717, 1.165) is 0 Å². The predicted octanol–water partition coefficient (Wildman–Crippen LogP) is -2.83. The molecule has 0 aliphatic rings. The summed E-state index contributed by atoms with van der Waals surface area (Å²) in [6.45, 7) is 0. The van der Waals surface area contributed by atoms with Gasteiger partial charge in [0.1, 0.15) is 0 Å². The molecule has 11 heteroatoms. The minimum absolute atomic E-state index is 0. The third kappa shape index (κ3) is 2010. The zero-order chi connectivity index (χ0) is 9.00. The Morgan fingerprint density at radius 2 is 1.00 bits per heavy atom. The van der Waals surface area contributed by atoms with E-state index in [9.17, 15) is 0 Å². The van der Waals surface area contributed by atoms with Crippen molar-refractivity contribution in [2.24, 2.45) is 0 Å². The van der Waals surface area contributed by atoms with Crippen molar-refractivity contribution in [1.82, 2.24) is 0 Å². The predicted molar refractivity (Wildman–Crippen MR) is 27.3 cm³/mol. The second-order valence-electron chi connectivity index (χ2n) is 0.961. The van der Waals surface area contributed by atoms with Crippen LogP contribution < -0.4 is 0 Å².